The van der Waals surface area contributed by atoms with Crippen molar-refractivity contribution >= 4 is 11.8 Å². The summed E-state index contributed by atoms with van der Waals surface area (Å²) in [5, 5.41) is 12.5. The van der Waals surface area contributed by atoms with Gasteiger partial charge in [0.2, 0.25) is 0 Å². The van der Waals surface area contributed by atoms with Gasteiger partial charge in [0.1, 0.15) is 0 Å². The molecule has 1 unspecified atom stereocenters. The minimum atomic E-state index is -0.893. The zero-order valence-electron chi connectivity index (χ0n) is 9.86. The largest absolute Gasteiger partial charge is 0.478 e. The zero-order valence-corrected chi connectivity index (χ0v) is 9.86. The molecule has 2 rings (SSSR count). The summed E-state index contributed by atoms with van der Waals surface area (Å²) >= 11 is 0. The summed E-state index contributed by atoms with van der Waals surface area (Å²) in [5.74, 6) is -0.0589. The lowest BCUT2D eigenvalue weighted by molar-refractivity contribution is -0.465. The van der Waals surface area contributed by atoms with Gasteiger partial charge in [0.15, 0.2) is 0 Å². The van der Waals surface area contributed by atoms with Gasteiger partial charge in [-0.3, -0.25) is 10.3 Å². The lowest BCUT2D eigenvalue weighted by Gasteiger charge is -2.18. The highest BCUT2D eigenvalue weighted by molar-refractivity contribution is 6.05. The first kappa shape index (κ1) is 11.6. The van der Waals surface area contributed by atoms with E-state index in [-0.39, 0.29) is 0 Å². The molecule has 0 amide bonds. The molecule has 0 bridgehead atoms. The van der Waals surface area contributed by atoms with Gasteiger partial charge < -0.3 is 5.11 Å². The molecule has 3 N–H and O–H groups in total. The summed E-state index contributed by atoms with van der Waals surface area (Å²) in [5.41, 5.74) is 1.07. The quantitative estimate of drug-likeness (QED) is 0.688. The van der Waals surface area contributed by atoms with Crippen LogP contribution in [0.2, 0.25) is 0 Å². The van der Waals surface area contributed by atoms with Crippen LogP contribution in [-0.4, -0.2) is 29.5 Å². The molecule has 0 fully saturated rings. The van der Waals surface area contributed by atoms with E-state index in [1.54, 1.807) is 12.1 Å². The van der Waals surface area contributed by atoms with E-state index in [0.717, 1.165) is 30.8 Å². The highest BCUT2D eigenvalue weighted by Gasteiger charge is 2.24. The lowest BCUT2D eigenvalue weighted by atomic mass is 10.0. The second-order valence-electron chi connectivity index (χ2n) is 4.19. The molecule has 0 aromatic heterocycles. The van der Waals surface area contributed by atoms with Gasteiger partial charge in [0.25, 0.3) is 5.84 Å². The fraction of sp³-hybridized carbons (Fsp3) is 0.385. The molecule has 1 aromatic rings. The molecule has 0 radical (unpaired) electrons. The summed E-state index contributed by atoms with van der Waals surface area (Å²) < 4.78 is 0. The van der Waals surface area contributed by atoms with Crippen LogP contribution in [0.25, 0.3) is 0 Å². The Labute approximate surface area is 100 Å². The molecule has 0 spiro atoms. The molecule has 0 saturated carbocycles. The molecule has 4 heteroatoms. The SMILES string of the molecule is CCC1CC[NH+]=C(c2ccccc2C(=O)O)N1. The highest BCUT2D eigenvalue weighted by Crippen LogP contribution is 2.09. The van der Waals surface area contributed by atoms with E-state index in [0.29, 0.717) is 11.6 Å². The predicted molar refractivity (Wildman–Crippen MR) is 65.2 cm³/mol. The topological polar surface area (TPSA) is 63.3 Å². The van der Waals surface area contributed by atoms with Crippen LogP contribution in [-0.2, 0) is 0 Å². The third kappa shape index (κ3) is 2.46. The third-order valence-corrected chi connectivity index (χ3v) is 3.06. The standard InChI is InChI=1S/C13H16N2O2/c1-2-9-7-8-14-12(15-9)10-5-3-4-6-11(10)13(16)17/h3-6,9H,2,7-8H2,1H3,(H,14,15)(H,16,17)/p+1. The van der Waals surface area contributed by atoms with Crippen molar-refractivity contribution in [3.05, 3.63) is 35.4 Å². The van der Waals surface area contributed by atoms with Crippen LogP contribution in [0.1, 0.15) is 35.7 Å². The minimum Gasteiger partial charge on any atom is -0.478 e. The molecule has 1 aliphatic heterocycles. The van der Waals surface area contributed by atoms with E-state index in [9.17, 15) is 4.79 Å². The van der Waals surface area contributed by atoms with Crippen LogP contribution in [0.15, 0.2) is 24.3 Å². The highest BCUT2D eigenvalue weighted by atomic mass is 16.4. The Bertz CT molecular complexity index is 454. The van der Waals surface area contributed by atoms with Crippen molar-refractivity contribution in [2.45, 2.75) is 25.8 Å². The minimum absolute atomic E-state index is 0.333. The Balaban J connectivity index is 2.34. The van der Waals surface area contributed by atoms with Gasteiger partial charge in [0, 0.05) is 6.42 Å². The van der Waals surface area contributed by atoms with Crippen LogP contribution < -0.4 is 10.3 Å². The molecule has 4 nitrogen and oxygen atoms in total. The Kier molecular flexibility index (Phi) is 3.42. The normalized spacial score (nSPS) is 19.4. The van der Waals surface area contributed by atoms with E-state index >= 15 is 0 Å². The molecule has 0 saturated heterocycles. The number of carboxylic acid groups (broad SMARTS) is 1. The predicted octanol–water partition coefficient (Wildman–Crippen LogP) is -0.0161. The van der Waals surface area contributed by atoms with E-state index < -0.39 is 5.97 Å². The number of carbonyl (C=O) groups is 1. The van der Waals surface area contributed by atoms with Crippen LogP contribution in [0.3, 0.4) is 0 Å². The van der Waals surface area contributed by atoms with Crippen molar-refractivity contribution in [2.75, 3.05) is 6.54 Å². The van der Waals surface area contributed by atoms with Crippen LogP contribution in [0.4, 0.5) is 0 Å². The first-order valence-electron chi connectivity index (χ1n) is 5.92. The first-order chi connectivity index (χ1) is 8.22. The molecule has 90 valence electrons. The van der Waals surface area contributed by atoms with Gasteiger partial charge in [-0.05, 0) is 18.6 Å². The number of amidine groups is 1. The molecular weight excluding hydrogens is 216 g/mol. The van der Waals surface area contributed by atoms with Crippen molar-refractivity contribution < 1.29 is 14.9 Å². The van der Waals surface area contributed by atoms with Crippen molar-refractivity contribution in [1.82, 2.24) is 5.32 Å². The molecule has 1 atom stereocenters. The van der Waals surface area contributed by atoms with E-state index in [4.69, 9.17) is 5.11 Å². The Morgan fingerprint density at radius 3 is 3.00 bits per heavy atom. The van der Waals surface area contributed by atoms with Crippen molar-refractivity contribution in [1.29, 1.82) is 0 Å². The summed E-state index contributed by atoms with van der Waals surface area (Å²) in [7, 11) is 0. The average Bonchev–Trinajstić information content (AvgIpc) is 2.39. The van der Waals surface area contributed by atoms with Crippen LogP contribution in [0.5, 0.6) is 0 Å². The fourth-order valence-corrected chi connectivity index (χ4v) is 2.07. The van der Waals surface area contributed by atoms with E-state index in [1.165, 1.54) is 0 Å². The first-order valence-corrected chi connectivity index (χ1v) is 5.92. The van der Waals surface area contributed by atoms with Gasteiger partial charge in [0.05, 0.1) is 23.7 Å². The third-order valence-electron chi connectivity index (χ3n) is 3.06. The Morgan fingerprint density at radius 1 is 1.53 bits per heavy atom. The van der Waals surface area contributed by atoms with Crippen molar-refractivity contribution in [3.63, 3.8) is 0 Å². The maximum Gasteiger partial charge on any atom is 0.336 e. The average molecular weight is 233 g/mol. The van der Waals surface area contributed by atoms with Crippen molar-refractivity contribution in [3.8, 4) is 0 Å². The van der Waals surface area contributed by atoms with Crippen LogP contribution in [0, 0.1) is 0 Å². The number of benzene rings is 1. The summed E-state index contributed by atoms with van der Waals surface area (Å²) in [6, 6.07) is 7.48. The van der Waals surface area contributed by atoms with Gasteiger partial charge in [-0.15, -0.1) is 0 Å². The lowest BCUT2D eigenvalue weighted by Crippen LogP contribution is -2.80. The molecule has 1 aliphatic rings. The van der Waals surface area contributed by atoms with Gasteiger partial charge in [-0.25, -0.2) is 4.79 Å². The molecule has 1 aromatic carbocycles. The number of carboxylic acids is 1. The number of hydrogen-bond acceptors (Lipinski definition) is 2. The second-order valence-corrected chi connectivity index (χ2v) is 4.19. The molecule has 0 aliphatic carbocycles. The zero-order chi connectivity index (χ0) is 12.3. The maximum absolute atomic E-state index is 11.1. The Hall–Kier alpha value is -1.84. The number of rotatable bonds is 3. The van der Waals surface area contributed by atoms with Gasteiger partial charge in [-0.1, -0.05) is 19.1 Å². The van der Waals surface area contributed by atoms with Crippen LogP contribution >= 0.6 is 0 Å². The van der Waals surface area contributed by atoms with E-state index in [1.807, 2.05) is 12.1 Å². The molecular formula is C13H17N2O2+. The number of aromatic carboxylic acids is 1. The summed E-state index contributed by atoms with van der Waals surface area (Å²) in [4.78, 5) is 14.4. The van der Waals surface area contributed by atoms with Gasteiger partial charge >= 0.3 is 5.97 Å². The summed E-state index contributed by atoms with van der Waals surface area (Å²) in [6.45, 7) is 3.01. The fourth-order valence-electron chi connectivity index (χ4n) is 2.07. The maximum atomic E-state index is 11.1. The van der Waals surface area contributed by atoms with E-state index in [2.05, 4.69) is 17.2 Å². The Morgan fingerprint density at radius 2 is 2.29 bits per heavy atom. The summed E-state index contributed by atoms with van der Waals surface area (Å²) in [6.07, 6.45) is 2.11. The van der Waals surface area contributed by atoms with Crippen molar-refractivity contribution in [2.24, 2.45) is 0 Å². The smallest absolute Gasteiger partial charge is 0.336 e. The number of nitrogens with one attached hydrogen (secondary N) is 2. The molecule has 17 heavy (non-hydrogen) atoms. The number of hydrogen-bond donors (Lipinski definition) is 3. The van der Waals surface area contributed by atoms with Gasteiger partial charge in [-0.2, -0.15) is 0 Å². The molecule has 1 heterocycles. The second kappa shape index (κ2) is 4.99. The monoisotopic (exact) mass is 233 g/mol.